The number of hydrogen-bond donors (Lipinski definition) is 0. The lowest BCUT2D eigenvalue weighted by atomic mass is 10.2. The van der Waals surface area contributed by atoms with Crippen LogP contribution in [0.25, 0.3) is 0 Å². The summed E-state index contributed by atoms with van der Waals surface area (Å²) in [5.41, 5.74) is 0. The number of likely N-dealkylation sites (tertiary alicyclic amines) is 1. The smallest absolute Gasteiger partial charge is 0.214 e. The molecule has 0 aromatic heterocycles. The molecule has 3 aliphatic rings. The largest absolute Gasteiger partial charge is 0.380 e. The van der Waals surface area contributed by atoms with Crippen LogP contribution < -0.4 is 0 Å². The fourth-order valence-electron chi connectivity index (χ4n) is 3.46. The Bertz CT molecular complexity index is 430. The molecule has 2 atom stereocenters. The van der Waals surface area contributed by atoms with Gasteiger partial charge in [-0.1, -0.05) is 0 Å². The molecule has 1 saturated carbocycles. The number of hydrogen-bond acceptors (Lipinski definition) is 4. The van der Waals surface area contributed by atoms with Crippen molar-refractivity contribution >= 4 is 10.0 Å². The van der Waals surface area contributed by atoms with Crippen LogP contribution in [-0.4, -0.2) is 68.8 Å². The second-order valence-corrected chi connectivity index (χ2v) is 8.51. The minimum absolute atomic E-state index is 0.0663. The molecule has 0 amide bonds. The number of methoxy groups -OCH3 is 1. The first-order chi connectivity index (χ1) is 9.58. The lowest BCUT2D eigenvalue weighted by Crippen LogP contribution is -2.43. The van der Waals surface area contributed by atoms with Gasteiger partial charge in [0.15, 0.2) is 0 Å². The molecule has 0 N–H and O–H groups in total. The van der Waals surface area contributed by atoms with Crippen LogP contribution >= 0.6 is 0 Å². The van der Waals surface area contributed by atoms with Gasteiger partial charge in [0.25, 0.3) is 0 Å². The van der Waals surface area contributed by atoms with Gasteiger partial charge in [0.2, 0.25) is 10.0 Å². The maximum Gasteiger partial charge on any atom is 0.214 e. The van der Waals surface area contributed by atoms with E-state index in [0.717, 1.165) is 38.9 Å². The molecule has 0 aromatic rings. The molecule has 20 heavy (non-hydrogen) atoms. The molecule has 5 nitrogen and oxygen atoms in total. The van der Waals surface area contributed by atoms with Crippen LogP contribution in [0, 0.1) is 5.92 Å². The second-order valence-electron chi connectivity index (χ2n) is 6.55. The van der Waals surface area contributed by atoms with E-state index in [1.54, 1.807) is 11.4 Å². The SMILES string of the molecule is CO[C@H]1C[C@@H](CN2CCCC2)N(S(=O)(=O)CC2CC2)C1. The minimum Gasteiger partial charge on any atom is -0.380 e. The van der Waals surface area contributed by atoms with E-state index in [1.807, 2.05) is 0 Å². The van der Waals surface area contributed by atoms with Gasteiger partial charge in [-0.15, -0.1) is 0 Å². The van der Waals surface area contributed by atoms with Crippen molar-refractivity contribution in [2.24, 2.45) is 5.92 Å². The Kier molecular flexibility index (Phi) is 4.36. The zero-order chi connectivity index (χ0) is 14.2. The van der Waals surface area contributed by atoms with Crippen molar-refractivity contribution in [1.29, 1.82) is 0 Å². The normalized spacial score (nSPS) is 33.0. The van der Waals surface area contributed by atoms with Crippen molar-refractivity contribution in [1.82, 2.24) is 9.21 Å². The van der Waals surface area contributed by atoms with Gasteiger partial charge in [0, 0.05) is 26.2 Å². The van der Waals surface area contributed by atoms with Crippen LogP contribution in [0.5, 0.6) is 0 Å². The maximum atomic E-state index is 12.6. The van der Waals surface area contributed by atoms with Crippen LogP contribution in [0.2, 0.25) is 0 Å². The van der Waals surface area contributed by atoms with Gasteiger partial charge >= 0.3 is 0 Å². The summed E-state index contributed by atoms with van der Waals surface area (Å²) < 4.78 is 32.3. The maximum absolute atomic E-state index is 12.6. The van der Waals surface area contributed by atoms with Gasteiger partial charge in [0.1, 0.15) is 0 Å². The summed E-state index contributed by atoms with van der Waals surface area (Å²) in [5.74, 6) is 0.758. The van der Waals surface area contributed by atoms with Gasteiger partial charge < -0.3 is 9.64 Å². The zero-order valence-corrected chi connectivity index (χ0v) is 13.1. The van der Waals surface area contributed by atoms with E-state index in [9.17, 15) is 8.42 Å². The van der Waals surface area contributed by atoms with Crippen LogP contribution in [0.15, 0.2) is 0 Å². The molecule has 2 saturated heterocycles. The fourth-order valence-corrected chi connectivity index (χ4v) is 5.58. The van der Waals surface area contributed by atoms with E-state index in [0.29, 0.717) is 18.2 Å². The molecule has 0 bridgehead atoms. The number of sulfonamides is 1. The summed E-state index contributed by atoms with van der Waals surface area (Å²) in [6.45, 7) is 3.66. The predicted octanol–water partition coefficient (Wildman–Crippen LogP) is 0.911. The molecule has 3 rings (SSSR count). The molecule has 3 fully saturated rings. The Morgan fingerprint density at radius 1 is 1.20 bits per heavy atom. The monoisotopic (exact) mass is 302 g/mol. The second kappa shape index (κ2) is 5.91. The standard InChI is InChI=1S/C14H26N2O3S/c1-19-14-8-13(9-15-6-2-3-7-15)16(10-14)20(17,18)11-12-4-5-12/h12-14H,2-11H2,1H3/t13-,14-/m0/s1. The Hall–Kier alpha value is -0.170. The van der Waals surface area contributed by atoms with E-state index in [-0.39, 0.29) is 12.1 Å². The summed E-state index contributed by atoms with van der Waals surface area (Å²) in [5, 5.41) is 0. The molecular formula is C14H26N2O3S. The van der Waals surface area contributed by atoms with Crippen LogP contribution in [-0.2, 0) is 14.8 Å². The first-order valence-electron chi connectivity index (χ1n) is 7.83. The van der Waals surface area contributed by atoms with Gasteiger partial charge in [-0.25, -0.2) is 8.42 Å². The Morgan fingerprint density at radius 2 is 1.90 bits per heavy atom. The van der Waals surface area contributed by atoms with Gasteiger partial charge in [-0.2, -0.15) is 4.31 Å². The van der Waals surface area contributed by atoms with Crippen LogP contribution in [0.3, 0.4) is 0 Å². The van der Waals surface area contributed by atoms with Crippen molar-refractivity contribution < 1.29 is 13.2 Å². The quantitative estimate of drug-likeness (QED) is 0.732. The molecule has 0 unspecified atom stereocenters. The molecule has 6 heteroatoms. The van der Waals surface area contributed by atoms with Gasteiger partial charge in [-0.3, -0.25) is 0 Å². The highest BCUT2D eigenvalue weighted by Crippen LogP contribution is 2.33. The number of ether oxygens (including phenoxy) is 1. The first kappa shape index (κ1) is 14.8. The zero-order valence-electron chi connectivity index (χ0n) is 12.3. The molecule has 2 heterocycles. The number of nitrogens with zero attached hydrogens (tertiary/aromatic N) is 2. The minimum atomic E-state index is -3.10. The van der Waals surface area contributed by atoms with E-state index in [4.69, 9.17) is 4.74 Å². The van der Waals surface area contributed by atoms with E-state index >= 15 is 0 Å². The highest BCUT2D eigenvalue weighted by Gasteiger charge is 2.42. The number of rotatable bonds is 6. The van der Waals surface area contributed by atoms with Crippen molar-refractivity contribution in [3.05, 3.63) is 0 Å². The van der Waals surface area contributed by atoms with Gasteiger partial charge in [0.05, 0.1) is 11.9 Å². The van der Waals surface area contributed by atoms with Gasteiger partial charge in [-0.05, 0) is 51.1 Å². The summed E-state index contributed by atoms with van der Waals surface area (Å²) in [6.07, 6.45) is 5.56. The molecule has 1 aliphatic carbocycles. The molecule has 0 aromatic carbocycles. The Labute approximate surface area is 122 Å². The van der Waals surface area contributed by atoms with Crippen molar-refractivity contribution in [2.45, 2.75) is 44.2 Å². The molecule has 0 spiro atoms. The lowest BCUT2D eigenvalue weighted by Gasteiger charge is -2.27. The van der Waals surface area contributed by atoms with Crippen molar-refractivity contribution in [2.75, 3.05) is 39.0 Å². The van der Waals surface area contributed by atoms with E-state index in [2.05, 4.69) is 4.90 Å². The van der Waals surface area contributed by atoms with Crippen molar-refractivity contribution in [3.63, 3.8) is 0 Å². The third-order valence-electron chi connectivity index (χ3n) is 4.83. The average molecular weight is 302 g/mol. The Balaban J connectivity index is 1.67. The molecule has 2 aliphatic heterocycles. The Morgan fingerprint density at radius 3 is 2.50 bits per heavy atom. The van der Waals surface area contributed by atoms with E-state index in [1.165, 1.54) is 12.8 Å². The summed E-state index contributed by atoms with van der Waals surface area (Å²) in [7, 11) is -1.41. The summed E-state index contributed by atoms with van der Waals surface area (Å²) in [6, 6.07) is 0.113. The molecular weight excluding hydrogens is 276 g/mol. The lowest BCUT2D eigenvalue weighted by molar-refractivity contribution is 0.113. The summed E-state index contributed by atoms with van der Waals surface area (Å²) >= 11 is 0. The third-order valence-corrected chi connectivity index (χ3v) is 6.88. The topological polar surface area (TPSA) is 49.9 Å². The average Bonchev–Trinajstić information content (AvgIpc) is 2.93. The molecule has 0 radical (unpaired) electrons. The fraction of sp³-hybridized carbons (Fsp3) is 1.00. The first-order valence-corrected chi connectivity index (χ1v) is 9.44. The van der Waals surface area contributed by atoms with Crippen LogP contribution in [0.4, 0.5) is 0 Å². The predicted molar refractivity (Wildman–Crippen MR) is 78.1 cm³/mol. The van der Waals surface area contributed by atoms with Crippen LogP contribution in [0.1, 0.15) is 32.1 Å². The molecule has 116 valence electrons. The highest BCUT2D eigenvalue weighted by atomic mass is 32.2. The van der Waals surface area contributed by atoms with E-state index < -0.39 is 10.0 Å². The van der Waals surface area contributed by atoms with Crippen molar-refractivity contribution in [3.8, 4) is 0 Å². The highest BCUT2D eigenvalue weighted by molar-refractivity contribution is 7.89. The summed E-state index contributed by atoms with van der Waals surface area (Å²) in [4.78, 5) is 2.41. The third kappa shape index (κ3) is 3.35.